The molecule has 1 heterocycles. The van der Waals surface area contributed by atoms with Gasteiger partial charge in [-0.1, -0.05) is 60.7 Å². The highest BCUT2D eigenvalue weighted by Gasteiger charge is 2.31. The first kappa shape index (κ1) is 22.7. The van der Waals surface area contributed by atoms with Crippen LogP contribution in [0.3, 0.4) is 0 Å². The van der Waals surface area contributed by atoms with Crippen LogP contribution in [0, 0.1) is 6.92 Å². The first-order valence-corrected chi connectivity index (χ1v) is 11.3. The maximum absolute atomic E-state index is 13.7. The third-order valence-corrected chi connectivity index (χ3v) is 5.98. The van der Waals surface area contributed by atoms with Crippen LogP contribution in [0.15, 0.2) is 78.9 Å². The molecule has 1 amide bonds. The average molecular weight is 444 g/mol. The molecular weight excluding hydrogens is 414 g/mol. The van der Waals surface area contributed by atoms with E-state index in [4.69, 9.17) is 9.47 Å². The third-order valence-electron chi connectivity index (χ3n) is 5.98. The molecule has 4 rings (SSSR count). The lowest BCUT2D eigenvalue weighted by atomic mass is 9.90. The van der Waals surface area contributed by atoms with Crippen LogP contribution in [-0.4, -0.2) is 49.0 Å². The van der Waals surface area contributed by atoms with E-state index in [1.165, 1.54) is 0 Å². The van der Waals surface area contributed by atoms with Gasteiger partial charge in [0.05, 0.1) is 19.1 Å². The average Bonchev–Trinajstić information content (AvgIpc) is 2.84. The van der Waals surface area contributed by atoms with Crippen molar-refractivity contribution in [2.24, 2.45) is 0 Å². The van der Waals surface area contributed by atoms with Gasteiger partial charge in [0.1, 0.15) is 18.5 Å². The Balaban J connectivity index is 1.45. The molecule has 5 heteroatoms. The summed E-state index contributed by atoms with van der Waals surface area (Å²) >= 11 is 0. The summed E-state index contributed by atoms with van der Waals surface area (Å²) in [7, 11) is 0. The van der Waals surface area contributed by atoms with Crippen molar-refractivity contribution in [3.63, 3.8) is 0 Å². The number of aryl methyl sites for hydroxylation is 1. The molecule has 0 aromatic heterocycles. The summed E-state index contributed by atoms with van der Waals surface area (Å²) < 4.78 is 11.8. The van der Waals surface area contributed by atoms with Crippen molar-refractivity contribution in [3.8, 4) is 5.75 Å². The largest absolute Gasteiger partial charge is 0.491 e. The molecule has 5 nitrogen and oxygen atoms in total. The van der Waals surface area contributed by atoms with Crippen molar-refractivity contribution >= 4 is 11.7 Å². The minimum Gasteiger partial charge on any atom is -0.491 e. The standard InChI is InChI=1S/C28H29NO4/c1-20-17-24(13-14-26(20)21(2)30)33-19-25-18-29(15-16-32-25)28(31)27(22-9-5-3-6-10-22)23-11-7-4-8-12-23/h3-14,17,25,27H,15-16,18-19H2,1-2H3. The maximum atomic E-state index is 13.7. The van der Waals surface area contributed by atoms with Crippen molar-refractivity contribution in [2.75, 3.05) is 26.3 Å². The fraction of sp³-hybridized carbons (Fsp3) is 0.286. The van der Waals surface area contributed by atoms with Crippen molar-refractivity contribution in [3.05, 3.63) is 101 Å². The molecule has 33 heavy (non-hydrogen) atoms. The zero-order valence-electron chi connectivity index (χ0n) is 19.1. The van der Waals surface area contributed by atoms with E-state index in [9.17, 15) is 9.59 Å². The van der Waals surface area contributed by atoms with Gasteiger partial charge in [0.2, 0.25) is 5.91 Å². The van der Waals surface area contributed by atoms with E-state index < -0.39 is 0 Å². The van der Waals surface area contributed by atoms with Gasteiger partial charge in [-0.05, 0) is 48.7 Å². The van der Waals surface area contributed by atoms with Gasteiger partial charge in [0.15, 0.2) is 5.78 Å². The van der Waals surface area contributed by atoms with E-state index in [1.54, 1.807) is 19.1 Å². The Hall–Kier alpha value is -3.44. The molecule has 1 aliphatic rings. The molecule has 1 atom stereocenters. The molecular formula is C28H29NO4. The zero-order chi connectivity index (χ0) is 23.2. The summed E-state index contributed by atoms with van der Waals surface area (Å²) in [6, 6.07) is 25.3. The molecule has 0 aliphatic carbocycles. The predicted octanol–water partition coefficient (Wildman–Crippen LogP) is 4.64. The molecule has 0 saturated carbocycles. The summed E-state index contributed by atoms with van der Waals surface area (Å²) in [6.45, 7) is 5.29. The van der Waals surface area contributed by atoms with E-state index in [1.807, 2.05) is 78.6 Å². The summed E-state index contributed by atoms with van der Waals surface area (Å²) in [5.41, 5.74) is 3.54. The first-order valence-electron chi connectivity index (χ1n) is 11.3. The molecule has 3 aromatic rings. The van der Waals surface area contributed by atoms with Crippen molar-refractivity contribution in [1.29, 1.82) is 0 Å². The lowest BCUT2D eigenvalue weighted by Crippen LogP contribution is -2.49. The predicted molar refractivity (Wildman–Crippen MR) is 128 cm³/mol. The first-order chi connectivity index (χ1) is 16.0. The van der Waals surface area contributed by atoms with Crippen LogP contribution in [0.5, 0.6) is 5.75 Å². The molecule has 170 valence electrons. The van der Waals surface area contributed by atoms with Gasteiger partial charge in [-0.3, -0.25) is 9.59 Å². The van der Waals surface area contributed by atoms with Gasteiger partial charge in [0, 0.05) is 12.1 Å². The maximum Gasteiger partial charge on any atom is 0.234 e. The second-order valence-electron chi connectivity index (χ2n) is 8.38. The number of carbonyl (C=O) groups is 2. The van der Waals surface area contributed by atoms with Gasteiger partial charge >= 0.3 is 0 Å². The van der Waals surface area contributed by atoms with Gasteiger partial charge in [-0.2, -0.15) is 0 Å². The minimum atomic E-state index is -0.353. The molecule has 1 saturated heterocycles. The molecule has 1 unspecified atom stereocenters. The smallest absolute Gasteiger partial charge is 0.234 e. The van der Waals surface area contributed by atoms with E-state index in [-0.39, 0.29) is 23.7 Å². The Bertz CT molecular complexity index is 1060. The number of morpholine rings is 1. The molecule has 0 bridgehead atoms. The Morgan fingerprint density at radius 2 is 1.64 bits per heavy atom. The van der Waals surface area contributed by atoms with Gasteiger partial charge < -0.3 is 14.4 Å². The second kappa shape index (κ2) is 10.5. The Kier molecular flexibility index (Phi) is 7.20. The van der Waals surface area contributed by atoms with Crippen LogP contribution < -0.4 is 4.74 Å². The molecule has 0 N–H and O–H groups in total. The molecule has 0 radical (unpaired) electrons. The topological polar surface area (TPSA) is 55.8 Å². The number of carbonyl (C=O) groups excluding carboxylic acids is 2. The van der Waals surface area contributed by atoms with E-state index in [0.29, 0.717) is 37.6 Å². The van der Waals surface area contributed by atoms with Crippen molar-refractivity contribution < 1.29 is 19.1 Å². The highest BCUT2D eigenvalue weighted by Crippen LogP contribution is 2.28. The van der Waals surface area contributed by atoms with Gasteiger partial charge in [0.25, 0.3) is 0 Å². The van der Waals surface area contributed by atoms with E-state index in [2.05, 4.69) is 0 Å². The number of ether oxygens (including phenoxy) is 2. The number of amides is 1. The van der Waals surface area contributed by atoms with Crippen LogP contribution in [0.4, 0.5) is 0 Å². The fourth-order valence-corrected chi connectivity index (χ4v) is 4.28. The SMILES string of the molecule is CC(=O)c1ccc(OCC2CN(C(=O)C(c3ccccc3)c3ccccc3)CCO2)cc1C. The number of hydrogen-bond donors (Lipinski definition) is 0. The highest BCUT2D eigenvalue weighted by molar-refractivity contribution is 5.95. The second-order valence-corrected chi connectivity index (χ2v) is 8.38. The minimum absolute atomic E-state index is 0.0372. The number of hydrogen-bond acceptors (Lipinski definition) is 4. The van der Waals surface area contributed by atoms with E-state index >= 15 is 0 Å². The van der Waals surface area contributed by atoms with Crippen LogP contribution in [0.2, 0.25) is 0 Å². The molecule has 1 aliphatic heterocycles. The number of Topliss-reactive ketones (excluding diaryl/α,β-unsaturated/α-hetero) is 1. The third kappa shape index (κ3) is 5.49. The summed E-state index contributed by atoms with van der Waals surface area (Å²) in [5.74, 6) is 0.447. The van der Waals surface area contributed by atoms with Crippen molar-refractivity contribution in [1.82, 2.24) is 4.90 Å². The van der Waals surface area contributed by atoms with Crippen LogP contribution in [-0.2, 0) is 9.53 Å². The van der Waals surface area contributed by atoms with Crippen LogP contribution in [0.1, 0.15) is 39.9 Å². The molecule has 1 fully saturated rings. The van der Waals surface area contributed by atoms with Crippen molar-refractivity contribution in [2.45, 2.75) is 25.9 Å². The zero-order valence-corrected chi connectivity index (χ0v) is 19.1. The monoisotopic (exact) mass is 443 g/mol. The Morgan fingerprint density at radius 3 is 2.21 bits per heavy atom. The van der Waals surface area contributed by atoms with Gasteiger partial charge in [-0.15, -0.1) is 0 Å². The highest BCUT2D eigenvalue weighted by atomic mass is 16.5. The normalized spacial score (nSPS) is 16.0. The van der Waals surface area contributed by atoms with Crippen LogP contribution >= 0.6 is 0 Å². The number of nitrogens with zero attached hydrogens (tertiary/aromatic N) is 1. The number of ketones is 1. The Morgan fingerprint density at radius 1 is 1.00 bits per heavy atom. The summed E-state index contributed by atoms with van der Waals surface area (Å²) in [4.78, 5) is 27.2. The lowest BCUT2D eigenvalue weighted by molar-refractivity contribution is -0.140. The van der Waals surface area contributed by atoms with Crippen LogP contribution in [0.25, 0.3) is 0 Å². The quantitative estimate of drug-likeness (QED) is 0.500. The lowest BCUT2D eigenvalue weighted by Gasteiger charge is -2.35. The summed E-state index contributed by atoms with van der Waals surface area (Å²) in [5, 5.41) is 0. The van der Waals surface area contributed by atoms with Gasteiger partial charge in [-0.25, -0.2) is 0 Å². The Labute approximate surface area is 194 Å². The molecule has 3 aromatic carbocycles. The number of benzene rings is 3. The molecule has 0 spiro atoms. The van der Waals surface area contributed by atoms with E-state index in [0.717, 1.165) is 16.7 Å². The fourth-order valence-electron chi connectivity index (χ4n) is 4.28. The summed E-state index contributed by atoms with van der Waals surface area (Å²) in [6.07, 6.45) is -0.220. The number of rotatable bonds is 7.